The Labute approximate surface area is 116 Å². The summed E-state index contributed by atoms with van der Waals surface area (Å²) in [6.07, 6.45) is 0. The van der Waals surface area contributed by atoms with Gasteiger partial charge in [0.05, 0.1) is 11.4 Å². The summed E-state index contributed by atoms with van der Waals surface area (Å²) < 4.78 is 5.62. The second-order valence-corrected chi connectivity index (χ2v) is 4.42. The molecule has 4 nitrogen and oxygen atoms in total. The summed E-state index contributed by atoms with van der Waals surface area (Å²) in [6, 6.07) is 12.1. The van der Waals surface area contributed by atoms with E-state index in [9.17, 15) is 4.79 Å². The van der Waals surface area contributed by atoms with Crippen LogP contribution in [0.25, 0.3) is 0 Å². The average Bonchev–Trinajstić information content (AvgIpc) is 2.35. The number of benzene rings is 2. The van der Waals surface area contributed by atoms with E-state index in [1.165, 1.54) is 6.92 Å². The molecule has 0 aliphatic carbocycles. The summed E-state index contributed by atoms with van der Waals surface area (Å²) in [5, 5.41) is 3.28. The van der Waals surface area contributed by atoms with Crippen molar-refractivity contribution in [3.05, 3.63) is 47.5 Å². The van der Waals surface area contributed by atoms with Gasteiger partial charge in [-0.25, -0.2) is 0 Å². The van der Waals surface area contributed by atoms with Gasteiger partial charge in [-0.05, 0) is 36.4 Å². The minimum atomic E-state index is -0.168. The number of carbonyl (C=O) groups is 1. The molecule has 98 valence electrons. The number of nitrogens with one attached hydrogen (secondary N) is 1. The van der Waals surface area contributed by atoms with Gasteiger partial charge in [-0.1, -0.05) is 11.6 Å². The summed E-state index contributed by atoms with van der Waals surface area (Å²) in [5.41, 5.74) is 6.84. The predicted octanol–water partition coefficient (Wildman–Crippen LogP) is 3.67. The van der Waals surface area contributed by atoms with Crippen LogP contribution in [0.15, 0.2) is 42.5 Å². The molecular formula is C14H13ClN2O2. The van der Waals surface area contributed by atoms with Crippen molar-refractivity contribution in [2.24, 2.45) is 0 Å². The van der Waals surface area contributed by atoms with E-state index in [-0.39, 0.29) is 5.91 Å². The largest absolute Gasteiger partial charge is 0.457 e. The van der Waals surface area contributed by atoms with E-state index in [4.69, 9.17) is 22.1 Å². The third-order valence-electron chi connectivity index (χ3n) is 2.38. The number of hydrogen-bond acceptors (Lipinski definition) is 3. The molecule has 5 heteroatoms. The molecule has 1 amide bonds. The fourth-order valence-electron chi connectivity index (χ4n) is 1.55. The van der Waals surface area contributed by atoms with Crippen LogP contribution in [0.1, 0.15) is 6.92 Å². The monoisotopic (exact) mass is 276 g/mol. The number of nitrogen functional groups attached to an aromatic ring is 1. The average molecular weight is 277 g/mol. The maximum Gasteiger partial charge on any atom is 0.221 e. The first-order chi connectivity index (χ1) is 9.04. The van der Waals surface area contributed by atoms with Crippen LogP contribution in [-0.2, 0) is 4.79 Å². The number of amides is 1. The number of hydrogen-bond donors (Lipinski definition) is 2. The van der Waals surface area contributed by atoms with Gasteiger partial charge in [0.25, 0.3) is 0 Å². The third-order valence-corrected chi connectivity index (χ3v) is 2.64. The second-order valence-electron chi connectivity index (χ2n) is 3.99. The van der Waals surface area contributed by atoms with Crippen molar-refractivity contribution in [2.45, 2.75) is 6.92 Å². The van der Waals surface area contributed by atoms with Crippen molar-refractivity contribution in [1.29, 1.82) is 0 Å². The minimum Gasteiger partial charge on any atom is -0.457 e. The second kappa shape index (κ2) is 5.63. The maximum atomic E-state index is 11.0. The predicted molar refractivity (Wildman–Crippen MR) is 76.7 cm³/mol. The first kappa shape index (κ1) is 13.2. The number of rotatable bonds is 3. The van der Waals surface area contributed by atoms with Crippen LogP contribution in [0.4, 0.5) is 11.4 Å². The highest BCUT2D eigenvalue weighted by Gasteiger charge is 2.04. The number of nitrogens with two attached hydrogens (primary N) is 1. The smallest absolute Gasteiger partial charge is 0.221 e. The number of anilines is 2. The van der Waals surface area contributed by atoms with Crippen LogP contribution in [0.2, 0.25) is 5.02 Å². The Morgan fingerprint density at radius 1 is 1.16 bits per heavy atom. The molecule has 2 rings (SSSR count). The Balaban J connectivity index is 2.15. The topological polar surface area (TPSA) is 64.3 Å². The van der Waals surface area contributed by atoms with Crippen molar-refractivity contribution in [3.8, 4) is 11.5 Å². The van der Waals surface area contributed by atoms with E-state index in [1.54, 1.807) is 42.5 Å². The molecule has 0 atom stereocenters. The highest BCUT2D eigenvalue weighted by Crippen LogP contribution is 2.28. The molecule has 2 aromatic carbocycles. The van der Waals surface area contributed by atoms with Crippen LogP contribution in [0, 0.1) is 0 Å². The van der Waals surface area contributed by atoms with Crippen molar-refractivity contribution < 1.29 is 9.53 Å². The van der Waals surface area contributed by atoms with Gasteiger partial charge in [0.2, 0.25) is 5.91 Å². The SMILES string of the molecule is CC(=O)Nc1ccc(Oc2ccc(Cl)cc2)cc1N. The normalized spacial score (nSPS) is 10.0. The molecule has 0 aromatic heterocycles. The van der Waals surface area contributed by atoms with E-state index in [0.29, 0.717) is 27.9 Å². The van der Waals surface area contributed by atoms with Crippen molar-refractivity contribution in [1.82, 2.24) is 0 Å². The van der Waals surface area contributed by atoms with Crippen molar-refractivity contribution in [2.75, 3.05) is 11.1 Å². The zero-order valence-electron chi connectivity index (χ0n) is 10.3. The quantitative estimate of drug-likeness (QED) is 0.841. The molecule has 0 bridgehead atoms. The molecule has 19 heavy (non-hydrogen) atoms. The van der Waals surface area contributed by atoms with Crippen molar-refractivity contribution in [3.63, 3.8) is 0 Å². The molecular weight excluding hydrogens is 264 g/mol. The van der Waals surface area contributed by atoms with Gasteiger partial charge in [-0.15, -0.1) is 0 Å². The van der Waals surface area contributed by atoms with Gasteiger partial charge in [0.15, 0.2) is 0 Å². The molecule has 2 aromatic rings. The molecule has 3 N–H and O–H groups in total. The lowest BCUT2D eigenvalue weighted by atomic mass is 10.2. The fourth-order valence-corrected chi connectivity index (χ4v) is 1.67. The minimum absolute atomic E-state index is 0.168. The maximum absolute atomic E-state index is 11.0. The van der Waals surface area contributed by atoms with Crippen LogP contribution in [-0.4, -0.2) is 5.91 Å². The zero-order chi connectivity index (χ0) is 13.8. The van der Waals surface area contributed by atoms with Gasteiger partial charge >= 0.3 is 0 Å². The highest BCUT2D eigenvalue weighted by molar-refractivity contribution is 6.30. The lowest BCUT2D eigenvalue weighted by Gasteiger charge is -2.10. The molecule has 0 saturated heterocycles. The summed E-state index contributed by atoms with van der Waals surface area (Å²) in [6.45, 7) is 1.43. The number of halogens is 1. The van der Waals surface area contributed by atoms with Crippen molar-refractivity contribution >= 4 is 28.9 Å². The first-order valence-electron chi connectivity index (χ1n) is 5.65. The van der Waals surface area contributed by atoms with Crippen LogP contribution >= 0.6 is 11.6 Å². The third kappa shape index (κ3) is 3.63. The summed E-state index contributed by atoms with van der Waals surface area (Å²) in [7, 11) is 0. The Bertz CT molecular complexity index is 597. The summed E-state index contributed by atoms with van der Waals surface area (Å²) in [4.78, 5) is 11.0. The molecule has 0 radical (unpaired) electrons. The Morgan fingerprint density at radius 3 is 2.37 bits per heavy atom. The highest BCUT2D eigenvalue weighted by atomic mass is 35.5. The first-order valence-corrected chi connectivity index (χ1v) is 6.03. The van der Waals surface area contributed by atoms with Gasteiger partial charge in [-0.3, -0.25) is 4.79 Å². The van der Waals surface area contributed by atoms with E-state index in [1.807, 2.05) is 0 Å². The molecule has 0 heterocycles. The van der Waals surface area contributed by atoms with Gasteiger partial charge in [0, 0.05) is 18.0 Å². The fraction of sp³-hybridized carbons (Fsp3) is 0.0714. The van der Waals surface area contributed by atoms with E-state index >= 15 is 0 Å². The van der Waals surface area contributed by atoms with Gasteiger partial charge < -0.3 is 15.8 Å². The molecule has 0 unspecified atom stereocenters. The number of carbonyl (C=O) groups excluding carboxylic acids is 1. The zero-order valence-corrected chi connectivity index (χ0v) is 11.1. The summed E-state index contributed by atoms with van der Waals surface area (Å²) in [5.74, 6) is 1.09. The lowest BCUT2D eigenvalue weighted by molar-refractivity contribution is -0.114. The number of ether oxygens (including phenoxy) is 1. The lowest BCUT2D eigenvalue weighted by Crippen LogP contribution is -2.07. The molecule has 0 spiro atoms. The molecule has 0 aliphatic rings. The van der Waals surface area contributed by atoms with Gasteiger partial charge in [0.1, 0.15) is 11.5 Å². The van der Waals surface area contributed by atoms with Gasteiger partial charge in [-0.2, -0.15) is 0 Å². The Morgan fingerprint density at radius 2 is 1.79 bits per heavy atom. The molecule has 0 aliphatic heterocycles. The molecule has 0 saturated carbocycles. The Kier molecular flexibility index (Phi) is 3.92. The Hall–Kier alpha value is -2.20. The van der Waals surface area contributed by atoms with E-state index in [2.05, 4.69) is 5.32 Å². The molecule has 0 fully saturated rings. The van der Waals surface area contributed by atoms with Crippen LogP contribution in [0.5, 0.6) is 11.5 Å². The van der Waals surface area contributed by atoms with Crippen LogP contribution < -0.4 is 15.8 Å². The standard InChI is InChI=1S/C14H13ClN2O2/c1-9(18)17-14-7-6-12(8-13(14)16)19-11-4-2-10(15)3-5-11/h2-8H,16H2,1H3,(H,17,18). The van der Waals surface area contributed by atoms with E-state index < -0.39 is 0 Å². The van der Waals surface area contributed by atoms with Crippen LogP contribution in [0.3, 0.4) is 0 Å². The van der Waals surface area contributed by atoms with E-state index in [0.717, 1.165) is 0 Å². The summed E-state index contributed by atoms with van der Waals surface area (Å²) >= 11 is 5.79.